The molecule has 0 amide bonds. The van der Waals surface area contributed by atoms with Gasteiger partial charge < -0.3 is 4.42 Å². The molecule has 0 spiro atoms. The minimum Gasteiger partial charge on any atom is -0.441 e. The summed E-state index contributed by atoms with van der Waals surface area (Å²) in [4.78, 5) is 3.86. The number of halogens is 3. The van der Waals surface area contributed by atoms with E-state index < -0.39 is 23.9 Å². The molecule has 1 aromatic heterocycles. The first-order chi connectivity index (χ1) is 8.97. The summed E-state index contributed by atoms with van der Waals surface area (Å²) in [5.74, 6) is -0.555. The third-order valence-electron chi connectivity index (χ3n) is 2.67. The first-order valence-electron chi connectivity index (χ1n) is 6.41. The number of oxazole rings is 1. The first-order valence-corrected chi connectivity index (χ1v) is 5.41. The van der Waals surface area contributed by atoms with Gasteiger partial charge in [-0.3, -0.25) is 0 Å². The van der Waals surface area contributed by atoms with Crippen LogP contribution in [0.15, 0.2) is 22.6 Å². The predicted molar refractivity (Wildman–Crippen MR) is 62.3 cm³/mol. The molecule has 1 heterocycles. The summed E-state index contributed by atoms with van der Waals surface area (Å²) in [6.45, 7) is 3.40. The Morgan fingerprint density at radius 3 is 2.61 bits per heavy atom. The van der Waals surface area contributed by atoms with Crippen LogP contribution < -0.4 is 0 Å². The van der Waals surface area contributed by atoms with E-state index in [1.165, 1.54) is 0 Å². The maximum absolute atomic E-state index is 13.0. The lowest BCUT2D eigenvalue weighted by molar-refractivity contribution is -0.212. The predicted octanol–water partition coefficient (Wildman–Crippen LogP) is 4.27. The summed E-state index contributed by atoms with van der Waals surface area (Å²) < 4.78 is 59.9. The Labute approximate surface area is 106 Å². The molecule has 0 saturated heterocycles. The van der Waals surface area contributed by atoms with Gasteiger partial charge in [0.15, 0.2) is 11.5 Å². The largest absolute Gasteiger partial charge is 0.441 e. The zero-order valence-corrected chi connectivity index (χ0v) is 10.2. The molecule has 1 aromatic carbocycles. The van der Waals surface area contributed by atoms with Crippen molar-refractivity contribution < 1.29 is 20.3 Å². The summed E-state index contributed by atoms with van der Waals surface area (Å²) in [6.07, 6.45) is -7.48. The van der Waals surface area contributed by atoms with Gasteiger partial charge in [-0.2, -0.15) is 13.2 Å². The van der Waals surface area contributed by atoms with Crippen molar-refractivity contribution in [3.05, 3.63) is 29.7 Å². The highest BCUT2D eigenvalue weighted by Crippen LogP contribution is 2.40. The van der Waals surface area contributed by atoms with E-state index in [4.69, 9.17) is 7.16 Å². The normalized spacial score (nSPS) is 15.7. The van der Waals surface area contributed by atoms with Gasteiger partial charge in [-0.25, -0.2) is 4.98 Å². The van der Waals surface area contributed by atoms with E-state index in [-0.39, 0.29) is 5.58 Å². The molecule has 98 valence electrons. The first kappa shape index (κ1) is 10.4. The number of fused-ring (bicyclic) bond motifs is 1. The number of nitrogens with zero attached hydrogens (tertiary/aromatic N) is 1. The molecule has 0 fully saturated rings. The Balaban J connectivity index is 2.57. The number of aromatic nitrogens is 1. The van der Waals surface area contributed by atoms with E-state index in [2.05, 4.69) is 4.98 Å². The lowest BCUT2D eigenvalue weighted by Crippen LogP contribution is -2.34. The molecule has 18 heavy (non-hydrogen) atoms. The second-order valence-electron chi connectivity index (χ2n) is 4.74. The van der Waals surface area contributed by atoms with E-state index in [1.54, 1.807) is 25.1 Å². The molecule has 2 rings (SSSR count). The standard InChI is InChI=1S/C13H14F3NO/c1-8-4-5-9-10(6-8)18-11(17-9)7-12(2,3)13(14,15)16/h4-6H,7H2,1-3H3/i7D2. The third kappa shape index (κ3) is 2.35. The van der Waals surface area contributed by atoms with Crippen molar-refractivity contribution in [2.45, 2.75) is 33.3 Å². The second kappa shape index (κ2) is 4.00. The van der Waals surface area contributed by atoms with Gasteiger partial charge in [-0.15, -0.1) is 0 Å². The van der Waals surface area contributed by atoms with Gasteiger partial charge in [-0.1, -0.05) is 19.9 Å². The molecular weight excluding hydrogens is 243 g/mol. The average molecular weight is 259 g/mol. The second-order valence-corrected chi connectivity index (χ2v) is 4.74. The van der Waals surface area contributed by atoms with E-state index in [9.17, 15) is 13.2 Å². The quantitative estimate of drug-likeness (QED) is 0.805. The fourth-order valence-electron chi connectivity index (χ4n) is 1.42. The van der Waals surface area contributed by atoms with Gasteiger partial charge in [0.25, 0.3) is 0 Å². The molecule has 2 aromatic rings. The number of rotatable bonds is 2. The van der Waals surface area contributed by atoms with Crippen molar-refractivity contribution in [2.75, 3.05) is 0 Å². The SMILES string of the molecule is [2H]C([2H])(c1nc2ccc(C)cc2o1)C(C)(C)C(F)(F)F. The van der Waals surface area contributed by atoms with Crippen LogP contribution in [0.2, 0.25) is 0 Å². The Kier molecular flexibility index (Phi) is 2.31. The Morgan fingerprint density at radius 2 is 2.00 bits per heavy atom. The number of alkyl halides is 3. The van der Waals surface area contributed by atoms with Crippen LogP contribution in [0.4, 0.5) is 13.2 Å². The van der Waals surface area contributed by atoms with Crippen molar-refractivity contribution in [2.24, 2.45) is 5.41 Å². The monoisotopic (exact) mass is 259 g/mol. The molecule has 0 atom stereocenters. The number of hydrogen-bond acceptors (Lipinski definition) is 2. The van der Waals surface area contributed by atoms with Crippen LogP contribution in [0, 0.1) is 12.3 Å². The van der Waals surface area contributed by atoms with Gasteiger partial charge in [-0.05, 0) is 24.6 Å². The summed E-state index contributed by atoms with van der Waals surface area (Å²) >= 11 is 0. The maximum Gasteiger partial charge on any atom is 0.394 e. The molecule has 0 N–H and O–H groups in total. The van der Waals surface area contributed by atoms with Crippen molar-refractivity contribution in [1.29, 1.82) is 0 Å². The van der Waals surface area contributed by atoms with Crippen molar-refractivity contribution in [1.82, 2.24) is 4.98 Å². The van der Waals surface area contributed by atoms with Crippen molar-refractivity contribution in [3.63, 3.8) is 0 Å². The molecule has 0 aliphatic heterocycles. The molecule has 0 aliphatic rings. The fourth-order valence-corrected chi connectivity index (χ4v) is 1.42. The Bertz CT molecular complexity index is 647. The number of benzene rings is 1. The average Bonchev–Trinajstić information content (AvgIpc) is 2.70. The van der Waals surface area contributed by atoms with E-state index in [0.717, 1.165) is 19.4 Å². The van der Waals surface area contributed by atoms with Crippen LogP contribution in [0.1, 0.15) is 28.0 Å². The minimum absolute atomic E-state index is 0.279. The number of aryl methyl sites for hydroxylation is 1. The van der Waals surface area contributed by atoms with Crippen molar-refractivity contribution in [3.8, 4) is 0 Å². The molecule has 2 nitrogen and oxygen atoms in total. The molecular formula is C13H14F3NO. The minimum atomic E-state index is -4.72. The molecule has 0 aliphatic carbocycles. The summed E-state index contributed by atoms with van der Waals surface area (Å²) in [7, 11) is 0. The van der Waals surface area contributed by atoms with Gasteiger partial charge in [0.2, 0.25) is 0 Å². The van der Waals surface area contributed by atoms with Crippen LogP contribution in [0.5, 0.6) is 0 Å². The highest BCUT2D eigenvalue weighted by molar-refractivity contribution is 5.73. The zero-order valence-electron chi connectivity index (χ0n) is 12.2. The van der Waals surface area contributed by atoms with Crippen LogP contribution in [0.25, 0.3) is 11.1 Å². The van der Waals surface area contributed by atoms with Gasteiger partial charge >= 0.3 is 6.18 Å². The zero-order chi connectivity index (χ0) is 15.3. The van der Waals surface area contributed by atoms with Crippen LogP contribution in [0.3, 0.4) is 0 Å². The lowest BCUT2D eigenvalue weighted by atomic mass is 9.88. The lowest BCUT2D eigenvalue weighted by Gasteiger charge is -2.25. The molecule has 0 radical (unpaired) electrons. The molecule has 0 bridgehead atoms. The van der Waals surface area contributed by atoms with E-state index in [1.807, 2.05) is 0 Å². The third-order valence-corrected chi connectivity index (χ3v) is 2.67. The summed E-state index contributed by atoms with van der Waals surface area (Å²) in [6, 6.07) is 4.94. The van der Waals surface area contributed by atoms with Gasteiger partial charge in [0, 0.05) is 9.11 Å². The Hall–Kier alpha value is -1.52. The molecule has 0 saturated carbocycles. The van der Waals surface area contributed by atoms with Crippen LogP contribution in [-0.2, 0) is 6.37 Å². The van der Waals surface area contributed by atoms with E-state index in [0.29, 0.717) is 5.52 Å². The summed E-state index contributed by atoms with van der Waals surface area (Å²) in [5.41, 5.74) is -1.14. The maximum atomic E-state index is 13.0. The van der Waals surface area contributed by atoms with Crippen LogP contribution >= 0.6 is 0 Å². The fraction of sp³-hybridized carbons (Fsp3) is 0.462. The highest BCUT2D eigenvalue weighted by atomic mass is 19.4. The van der Waals surface area contributed by atoms with E-state index >= 15 is 0 Å². The Morgan fingerprint density at radius 1 is 1.33 bits per heavy atom. The summed E-state index contributed by atoms with van der Waals surface area (Å²) in [5, 5.41) is 0. The van der Waals surface area contributed by atoms with Gasteiger partial charge in [0.1, 0.15) is 5.52 Å². The highest BCUT2D eigenvalue weighted by Gasteiger charge is 2.48. The topological polar surface area (TPSA) is 26.0 Å². The van der Waals surface area contributed by atoms with Gasteiger partial charge in [0.05, 0.1) is 5.41 Å². The van der Waals surface area contributed by atoms with Crippen LogP contribution in [-0.4, -0.2) is 11.2 Å². The molecule has 0 unspecified atom stereocenters. The smallest absolute Gasteiger partial charge is 0.394 e. The molecule has 5 heteroatoms. The van der Waals surface area contributed by atoms with Crippen molar-refractivity contribution >= 4 is 11.1 Å². The number of hydrogen-bond donors (Lipinski definition) is 0.